The molecule has 0 saturated heterocycles. The van der Waals surface area contributed by atoms with Crippen LogP contribution in [-0.4, -0.2) is 0 Å². The van der Waals surface area contributed by atoms with Crippen molar-refractivity contribution in [3.05, 3.63) is 56.5 Å². The summed E-state index contributed by atoms with van der Waals surface area (Å²) in [7, 11) is 0. The lowest BCUT2D eigenvalue weighted by Crippen LogP contribution is -2.21. The van der Waals surface area contributed by atoms with Gasteiger partial charge in [-0.15, -0.1) is 0 Å². The molecule has 0 aliphatic rings. The molecule has 0 aromatic heterocycles. The Morgan fingerprint density at radius 2 is 1.30 bits per heavy atom. The molecule has 1 rings (SSSR count). The first-order valence-electron chi connectivity index (χ1n) is 5.24. The first-order valence-corrected chi connectivity index (χ1v) is 7.48. The van der Waals surface area contributed by atoms with Crippen LogP contribution >= 0.6 is 31.9 Å². The van der Waals surface area contributed by atoms with Gasteiger partial charge in [-0.25, -0.2) is 20.2 Å². The van der Waals surface area contributed by atoms with Crippen molar-refractivity contribution < 1.29 is 0 Å². The van der Waals surface area contributed by atoms with Gasteiger partial charge < -0.3 is 0 Å². The smallest absolute Gasteiger partial charge is 0.226 e. The van der Waals surface area contributed by atoms with E-state index < -0.39 is 0 Å². The predicted octanol–water partition coefficient (Wildman–Crippen LogP) is 2.58. The van der Waals surface area contributed by atoms with Crippen LogP contribution in [0.15, 0.2) is 12.1 Å². The van der Waals surface area contributed by atoms with Gasteiger partial charge in [-0.05, 0) is 21.6 Å². The summed E-state index contributed by atoms with van der Waals surface area (Å²) in [4.78, 5) is 6.43. The molecule has 0 unspecified atom stereocenters. The Kier molecular flexibility index (Phi) is 5.95. The molecule has 1 aromatic carbocycles. The molecule has 0 amide bonds. The summed E-state index contributed by atoms with van der Waals surface area (Å²) in [5, 5.41) is 19.9. The third-order valence-corrected chi connectivity index (χ3v) is 3.77. The minimum atomic E-state index is -0.00507. The summed E-state index contributed by atoms with van der Waals surface area (Å²) in [6, 6.07) is 7.09. The zero-order valence-electron chi connectivity index (χ0n) is 10.1. The lowest BCUT2D eigenvalue weighted by atomic mass is 10.0. The maximum Gasteiger partial charge on any atom is 0.269 e. The Bertz CT molecular complexity index is 723. The van der Waals surface area contributed by atoms with E-state index in [0.717, 1.165) is 0 Å². The quantitative estimate of drug-likeness (QED) is 0.576. The summed E-state index contributed by atoms with van der Waals surface area (Å²) < 4.78 is 0. The van der Waals surface area contributed by atoms with Gasteiger partial charge >= 0.3 is 0 Å². The fourth-order valence-electron chi connectivity index (χ4n) is 1.64. The van der Waals surface area contributed by atoms with Crippen LogP contribution in [0.5, 0.6) is 0 Å². The SMILES string of the molecule is [C-]#[N+]/C(C#N)=c1/cc(CBr)/c(=C(\C#N)[N+]#[C-])cc1CBr. The monoisotopic (exact) mass is 388 g/mol. The van der Waals surface area contributed by atoms with E-state index in [1.54, 1.807) is 12.1 Å². The van der Waals surface area contributed by atoms with E-state index >= 15 is 0 Å². The second-order valence-electron chi connectivity index (χ2n) is 3.58. The summed E-state index contributed by atoms with van der Waals surface area (Å²) in [5.41, 5.74) is 1.39. The molecule has 0 aliphatic heterocycles. The van der Waals surface area contributed by atoms with Crippen molar-refractivity contribution in [1.82, 2.24) is 0 Å². The third-order valence-electron chi connectivity index (χ3n) is 2.56. The van der Waals surface area contributed by atoms with Crippen LogP contribution in [0.2, 0.25) is 0 Å². The van der Waals surface area contributed by atoms with Crippen LogP contribution in [0.4, 0.5) is 0 Å². The van der Waals surface area contributed by atoms with Crippen LogP contribution < -0.4 is 10.4 Å². The van der Waals surface area contributed by atoms with Gasteiger partial charge in [-0.3, -0.25) is 0 Å². The zero-order valence-corrected chi connectivity index (χ0v) is 13.3. The predicted molar refractivity (Wildman–Crippen MR) is 82.2 cm³/mol. The van der Waals surface area contributed by atoms with Crippen molar-refractivity contribution in [2.75, 3.05) is 0 Å². The third kappa shape index (κ3) is 3.06. The first-order chi connectivity index (χ1) is 9.66. The number of hydrogen-bond acceptors (Lipinski definition) is 2. The molecule has 0 N–H and O–H groups in total. The van der Waals surface area contributed by atoms with Gasteiger partial charge in [0.1, 0.15) is 0 Å². The molecule has 0 heterocycles. The van der Waals surface area contributed by atoms with Crippen LogP contribution in [0.25, 0.3) is 21.1 Å². The van der Waals surface area contributed by atoms with Crippen molar-refractivity contribution in [3.63, 3.8) is 0 Å². The highest BCUT2D eigenvalue weighted by atomic mass is 79.9. The van der Waals surface area contributed by atoms with E-state index in [1.165, 1.54) is 0 Å². The molecular formula is C14H6Br2N4. The Morgan fingerprint density at radius 1 is 0.950 bits per heavy atom. The van der Waals surface area contributed by atoms with E-state index in [-0.39, 0.29) is 11.4 Å². The topological polar surface area (TPSA) is 56.3 Å². The molecule has 0 fully saturated rings. The Labute approximate surface area is 133 Å². The van der Waals surface area contributed by atoms with Gasteiger partial charge in [0.2, 0.25) is 0 Å². The molecule has 20 heavy (non-hydrogen) atoms. The highest BCUT2D eigenvalue weighted by molar-refractivity contribution is 9.08. The van der Waals surface area contributed by atoms with Crippen molar-refractivity contribution >= 4 is 43.3 Å². The molecule has 0 radical (unpaired) electrons. The molecule has 1 aromatic rings. The number of alkyl halides is 2. The van der Waals surface area contributed by atoms with Crippen LogP contribution in [0, 0.1) is 35.8 Å². The molecule has 0 bridgehead atoms. The van der Waals surface area contributed by atoms with E-state index in [2.05, 4.69) is 41.5 Å². The lowest BCUT2D eigenvalue weighted by Gasteiger charge is -2.04. The van der Waals surface area contributed by atoms with Gasteiger partial charge in [0, 0.05) is 10.7 Å². The summed E-state index contributed by atoms with van der Waals surface area (Å²) in [5.74, 6) is 0. The largest absolute Gasteiger partial charge is 0.269 e. The molecular weight excluding hydrogens is 384 g/mol. The highest BCUT2D eigenvalue weighted by Gasteiger charge is 2.07. The van der Waals surface area contributed by atoms with Gasteiger partial charge in [0.25, 0.3) is 11.4 Å². The second kappa shape index (κ2) is 7.46. The minimum Gasteiger partial charge on any atom is -0.226 e. The summed E-state index contributed by atoms with van der Waals surface area (Å²) in [6.45, 7) is 14.1. The Morgan fingerprint density at radius 3 is 1.50 bits per heavy atom. The fraction of sp³-hybridized carbons (Fsp3) is 0.143. The van der Waals surface area contributed by atoms with E-state index in [1.807, 2.05) is 12.1 Å². The molecule has 4 nitrogen and oxygen atoms in total. The number of rotatable bonds is 2. The van der Waals surface area contributed by atoms with Gasteiger partial charge in [0.15, 0.2) is 0 Å². The Balaban J connectivity index is 4.06. The van der Waals surface area contributed by atoms with Crippen LogP contribution in [0.3, 0.4) is 0 Å². The number of hydrogen-bond donors (Lipinski definition) is 0. The zero-order chi connectivity index (χ0) is 15.1. The second-order valence-corrected chi connectivity index (χ2v) is 4.70. The highest BCUT2D eigenvalue weighted by Crippen LogP contribution is 2.07. The van der Waals surface area contributed by atoms with E-state index in [9.17, 15) is 0 Å². The molecule has 0 aliphatic carbocycles. The lowest BCUT2D eigenvalue weighted by molar-refractivity contribution is 1.27. The van der Waals surface area contributed by atoms with Crippen molar-refractivity contribution in [1.29, 1.82) is 10.5 Å². The number of halogens is 2. The fourth-order valence-corrected chi connectivity index (χ4v) is 2.57. The number of nitrogens with zero attached hydrogens (tertiary/aromatic N) is 4. The summed E-state index contributed by atoms with van der Waals surface area (Å²) >= 11 is 6.60. The summed E-state index contributed by atoms with van der Waals surface area (Å²) in [6.07, 6.45) is 0. The number of benzene rings is 1. The first kappa shape index (κ1) is 15.9. The minimum absolute atomic E-state index is 0.00507. The van der Waals surface area contributed by atoms with Crippen LogP contribution in [0.1, 0.15) is 11.1 Å². The van der Waals surface area contributed by atoms with Gasteiger partial charge in [-0.2, -0.15) is 0 Å². The number of nitriles is 2. The van der Waals surface area contributed by atoms with Crippen LogP contribution in [-0.2, 0) is 10.7 Å². The molecule has 0 atom stereocenters. The molecule has 0 saturated carbocycles. The maximum atomic E-state index is 9.00. The van der Waals surface area contributed by atoms with Crippen molar-refractivity contribution in [2.45, 2.75) is 10.7 Å². The van der Waals surface area contributed by atoms with Crippen molar-refractivity contribution in [3.8, 4) is 12.1 Å². The average Bonchev–Trinajstić information content (AvgIpc) is 2.50. The average molecular weight is 390 g/mol. The standard InChI is InChI=1S/C14H6Br2N4/c1-19-13(7-17)11-3-10(6-16)12(4-9(11)5-15)14(8-18)20-2/h3-4H,5-6H2/b13-11-,14-12+. The molecule has 96 valence electrons. The van der Waals surface area contributed by atoms with E-state index in [4.69, 9.17) is 23.7 Å². The molecule has 0 spiro atoms. The van der Waals surface area contributed by atoms with Crippen molar-refractivity contribution in [2.24, 2.45) is 0 Å². The Hall–Kier alpha value is -2.12. The maximum absolute atomic E-state index is 9.00. The van der Waals surface area contributed by atoms with E-state index in [0.29, 0.717) is 32.2 Å². The van der Waals surface area contributed by atoms with Gasteiger partial charge in [0.05, 0.1) is 25.3 Å². The molecule has 6 heteroatoms. The normalized spacial score (nSPS) is 12.3. The van der Waals surface area contributed by atoms with Gasteiger partial charge in [-0.1, -0.05) is 44.0 Å².